The summed E-state index contributed by atoms with van der Waals surface area (Å²) in [5.74, 6) is 0.815. The van der Waals surface area contributed by atoms with Crippen molar-refractivity contribution >= 4 is 6.03 Å². The van der Waals surface area contributed by atoms with E-state index in [4.69, 9.17) is 9.52 Å². The Morgan fingerprint density at radius 2 is 2.44 bits per heavy atom. The summed E-state index contributed by atoms with van der Waals surface area (Å²) in [6.07, 6.45) is 2.11. The number of hydrogen-bond acceptors (Lipinski definition) is 4. The van der Waals surface area contributed by atoms with Crippen LogP contribution in [0.5, 0.6) is 0 Å². The molecule has 0 unspecified atom stereocenters. The minimum Gasteiger partial charge on any atom is -0.469 e. The van der Waals surface area contributed by atoms with E-state index in [0.717, 1.165) is 5.76 Å². The van der Waals surface area contributed by atoms with Gasteiger partial charge < -0.3 is 24.8 Å². The van der Waals surface area contributed by atoms with Gasteiger partial charge in [0, 0.05) is 19.5 Å². The molecule has 0 spiro atoms. The molecule has 1 aliphatic rings. The molecule has 6 heteroatoms. The van der Waals surface area contributed by atoms with Gasteiger partial charge in [-0.05, 0) is 18.6 Å². The predicted molar refractivity (Wildman–Crippen MR) is 64.0 cm³/mol. The van der Waals surface area contributed by atoms with E-state index in [1.165, 1.54) is 4.90 Å². The first-order valence-electron chi connectivity index (χ1n) is 6.06. The molecule has 18 heavy (non-hydrogen) atoms. The van der Waals surface area contributed by atoms with Crippen molar-refractivity contribution in [3.63, 3.8) is 0 Å². The third kappa shape index (κ3) is 3.02. The minimum absolute atomic E-state index is 0.122. The molecule has 0 radical (unpaired) electrons. The SMILES string of the molecule is O=C(NCCc1ccco1)N1C[C@@H](O)C[C@H]1CO. The maximum absolute atomic E-state index is 11.9. The summed E-state index contributed by atoms with van der Waals surface area (Å²) in [5, 5.41) is 21.4. The lowest BCUT2D eigenvalue weighted by atomic mass is 10.2. The number of amides is 2. The molecule has 2 atom stereocenters. The van der Waals surface area contributed by atoms with E-state index in [1.807, 2.05) is 6.07 Å². The summed E-state index contributed by atoms with van der Waals surface area (Å²) in [6, 6.07) is 3.11. The van der Waals surface area contributed by atoms with Gasteiger partial charge in [-0.3, -0.25) is 0 Å². The Morgan fingerprint density at radius 1 is 1.61 bits per heavy atom. The van der Waals surface area contributed by atoms with E-state index in [9.17, 15) is 9.90 Å². The summed E-state index contributed by atoms with van der Waals surface area (Å²) in [6.45, 7) is 0.623. The maximum Gasteiger partial charge on any atom is 0.317 e. The summed E-state index contributed by atoms with van der Waals surface area (Å²) in [7, 11) is 0. The Balaban J connectivity index is 1.77. The van der Waals surface area contributed by atoms with Gasteiger partial charge in [0.1, 0.15) is 5.76 Å². The molecule has 2 rings (SSSR count). The van der Waals surface area contributed by atoms with Crippen LogP contribution < -0.4 is 5.32 Å². The van der Waals surface area contributed by atoms with Gasteiger partial charge in [0.05, 0.1) is 25.0 Å². The first kappa shape index (κ1) is 12.9. The summed E-state index contributed by atoms with van der Waals surface area (Å²) in [5.41, 5.74) is 0. The van der Waals surface area contributed by atoms with E-state index in [1.54, 1.807) is 12.3 Å². The molecular formula is C12H18N2O4. The Morgan fingerprint density at radius 3 is 3.11 bits per heavy atom. The molecule has 0 saturated carbocycles. The normalized spacial score (nSPS) is 23.3. The van der Waals surface area contributed by atoms with Gasteiger partial charge in [-0.1, -0.05) is 0 Å². The zero-order valence-corrected chi connectivity index (χ0v) is 10.1. The number of furan rings is 1. The van der Waals surface area contributed by atoms with Crippen LogP contribution in [0.4, 0.5) is 4.79 Å². The highest BCUT2D eigenvalue weighted by Gasteiger charge is 2.33. The molecule has 0 aromatic carbocycles. The number of aliphatic hydroxyl groups is 2. The van der Waals surface area contributed by atoms with E-state index in [2.05, 4.69) is 5.32 Å². The van der Waals surface area contributed by atoms with Crippen molar-refractivity contribution in [1.29, 1.82) is 0 Å². The van der Waals surface area contributed by atoms with E-state index in [0.29, 0.717) is 19.4 Å². The highest BCUT2D eigenvalue weighted by atomic mass is 16.3. The summed E-state index contributed by atoms with van der Waals surface area (Å²) >= 11 is 0. The van der Waals surface area contributed by atoms with Crippen molar-refractivity contribution in [1.82, 2.24) is 10.2 Å². The molecule has 1 fully saturated rings. The van der Waals surface area contributed by atoms with E-state index in [-0.39, 0.29) is 25.2 Å². The lowest BCUT2D eigenvalue weighted by Gasteiger charge is -2.22. The number of rotatable bonds is 4. The van der Waals surface area contributed by atoms with E-state index >= 15 is 0 Å². The van der Waals surface area contributed by atoms with Gasteiger partial charge in [0.25, 0.3) is 0 Å². The first-order chi connectivity index (χ1) is 8.70. The highest BCUT2D eigenvalue weighted by Crippen LogP contribution is 2.17. The van der Waals surface area contributed by atoms with Crippen LogP contribution in [0.15, 0.2) is 22.8 Å². The van der Waals surface area contributed by atoms with Gasteiger partial charge in [-0.25, -0.2) is 4.79 Å². The molecule has 1 aromatic heterocycles. The van der Waals surface area contributed by atoms with Crippen LogP contribution in [-0.4, -0.2) is 53.0 Å². The average Bonchev–Trinajstić information content (AvgIpc) is 2.98. The lowest BCUT2D eigenvalue weighted by molar-refractivity contribution is 0.155. The number of carbonyl (C=O) groups is 1. The highest BCUT2D eigenvalue weighted by molar-refractivity contribution is 5.75. The maximum atomic E-state index is 11.9. The topological polar surface area (TPSA) is 85.9 Å². The number of β-amino-alcohol motifs (C(OH)–C–C–N with tert-alkyl or cyclic N) is 1. The average molecular weight is 254 g/mol. The second kappa shape index (κ2) is 5.88. The minimum atomic E-state index is -0.544. The third-order valence-electron chi connectivity index (χ3n) is 3.09. The lowest BCUT2D eigenvalue weighted by Crippen LogP contribution is -2.45. The fourth-order valence-corrected chi connectivity index (χ4v) is 2.16. The second-order valence-corrected chi connectivity index (χ2v) is 4.44. The fraction of sp³-hybridized carbons (Fsp3) is 0.583. The first-order valence-corrected chi connectivity index (χ1v) is 6.06. The van der Waals surface area contributed by atoms with Crippen molar-refractivity contribution in [2.24, 2.45) is 0 Å². The molecule has 100 valence electrons. The molecule has 1 saturated heterocycles. The van der Waals surface area contributed by atoms with Crippen molar-refractivity contribution in [2.45, 2.75) is 25.0 Å². The number of likely N-dealkylation sites (tertiary alicyclic amines) is 1. The molecule has 3 N–H and O–H groups in total. The zero-order valence-electron chi connectivity index (χ0n) is 10.1. The van der Waals surface area contributed by atoms with Crippen LogP contribution in [0.1, 0.15) is 12.2 Å². The number of aliphatic hydroxyl groups excluding tert-OH is 2. The Bertz CT molecular complexity index is 379. The number of urea groups is 1. The van der Waals surface area contributed by atoms with Crippen LogP contribution >= 0.6 is 0 Å². The summed E-state index contributed by atoms with van der Waals surface area (Å²) in [4.78, 5) is 13.3. The van der Waals surface area contributed by atoms with Crippen LogP contribution in [0.2, 0.25) is 0 Å². The van der Waals surface area contributed by atoms with Crippen molar-refractivity contribution < 1.29 is 19.4 Å². The quantitative estimate of drug-likeness (QED) is 0.703. The molecule has 6 nitrogen and oxygen atoms in total. The number of nitrogens with zero attached hydrogens (tertiary/aromatic N) is 1. The predicted octanol–water partition coefficient (Wildman–Crippen LogP) is -0.0408. The van der Waals surface area contributed by atoms with Crippen molar-refractivity contribution in [3.05, 3.63) is 24.2 Å². The molecule has 1 aliphatic heterocycles. The van der Waals surface area contributed by atoms with Gasteiger partial charge in [-0.2, -0.15) is 0 Å². The molecule has 0 aliphatic carbocycles. The molecule has 2 heterocycles. The Kier molecular flexibility index (Phi) is 4.22. The van der Waals surface area contributed by atoms with Gasteiger partial charge in [-0.15, -0.1) is 0 Å². The zero-order chi connectivity index (χ0) is 13.0. The summed E-state index contributed by atoms with van der Waals surface area (Å²) < 4.78 is 5.16. The molecule has 0 bridgehead atoms. The molecule has 2 amide bonds. The molecule has 1 aromatic rings. The fourth-order valence-electron chi connectivity index (χ4n) is 2.16. The van der Waals surface area contributed by atoms with Crippen LogP contribution in [-0.2, 0) is 6.42 Å². The molecular weight excluding hydrogens is 236 g/mol. The van der Waals surface area contributed by atoms with E-state index < -0.39 is 6.10 Å². The van der Waals surface area contributed by atoms with Crippen LogP contribution in [0, 0.1) is 0 Å². The van der Waals surface area contributed by atoms with Crippen LogP contribution in [0.25, 0.3) is 0 Å². The Hall–Kier alpha value is -1.53. The largest absolute Gasteiger partial charge is 0.469 e. The standard InChI is InChI=1S/C12H18N2O4/c15-8-9-6-10(16)7-14(9)12(17)13-4-3-11-2-1-5-18-11/h1-2,5,9-10,15-16H,3-4,6-8H2,(H,13,17)/t9-,10-/m0/s1. The van der Waals surface area contributed by atoms with Gasteiger partial charge in [0.2, 0.25) is 0 Å². The monoisotopic (exact) mass is 254 g/mol. The number of nitrogens with one attached hydrogen (secondary N) is 1. The smallest absolute Gasteiger partial charge is 0.317 e. The second-order valence-electron chi connectivity index (χ2n) is 4.44. The Labute approximate surface area is 105 Å². The van der Waals surface area contributed by atoms with Gasteiger partial charge in [0.15, 0.2) is 0 Å². The number of hydrogen-bond donors (Lipinski definition) is 3. The van der Waals surface area contributed by atoms with Crippen LogP contribution in [0.3, 0.4) is 0 Å². The third-order valence-corrected chi connectivity index (χ3v) is 3.09. The number of carbonyl (C=O) groups excluding carboxylic acids is 1. The van der Waals surface area contributed by atoms with Crippen molar-refractivity contribution in [3.8, 4) is 0 Å². The van der Waals surface area contributed by atoms with Crippen molar-refractivity contribution in [2.75, 3.05) is 19.7 Å². The van der Waals surface area contributed by atoms with Gasteiger partial charge >= 0.3 is 6.03 Å².